The van der Waals surface area contributed by atoms with E-state index in [1.807, 2.05) is 24.3 Å². The molecule has 1 N–H and O–H groups in total. The van der Waals surface area contributed by atoms with Crippen LogP contribution in [0.1, 0.15) is 17.2 Å². The molecule has 1 atom stereocenters. The van der Waals surface area contributed by atoms with Crippen LogP contribution in [0.25, 0.3) is 0 Å². The molecule has 2 aromatic carbocycles. The average Bonchev–Trinajstić information content (AvgIpc) is 2.63. The second-order valence-corrected chi connectivity index (χ2v) is 6.27. The Morgan fingerprint density at radius 2 is 1.83 bits per heavy atom. The van der Waals surface area contributed by atoms with E-state index in [-0.39, 0.29) is 6.04 Å². The van der Waals surface area contributed by atoms with Crippen molar-refractivity contribution in [3.63, 3.8) is 0 Å². The third kappa shape index (κ3) is 1.82. The SMILES string of the molecule is O=S1(=O)N[C@@H](c2cccc(Cl)c2)c2ccccc21. The first-order valence-electron chi connectivity index (χ1n) is 5.45. The van der Waals surface area contributed by atoms with Gasteiger partial charge in [0.05, 0.1) is 10.9 Å². The number of hydrogen-bond acceptors (Lipinski definition) is 2. The van der Waals surface area contributed by atoms with Crippen LogP contribution in [-0.4, -0.2) is 8.42 Å². The van der Waals surface area contributed by atoms with Crippen molar-refractivity contribution in [1.29, 1.82) is 0 Å². The normalized spacial score (nSPS) is 20.6. The highest BCUT2D eigenvalue weighted by Crippen LogP contribution is 2.35. The minimum absolute atomic E-state index is 0.343. The molecule has 3 rings (SSSR count). The molecule has 0 aromatic heterocycles. The maximum atomic E-state index is 12.0. The zero-order chi connectivity index (χ0) is 12.8. The fourth-order valence-electron chi connectivity index (χ4n) is 2.18. The Kier molecular flexibility index (Phi) is 2.66. The highest BCUT2D eigenvalue weighted by Gasteiger charge is 2.34. The third-order valence-electron chi connectivity index (χ3n) is 2.97. The Hall–Kier alpha value is -1.36. The van der Waals surface area contributed by atoms with Gasteiger partial charge in [0.15, 0.2) is 0 Å². The van der Waals surface area contributed by atoms with E-state index in [0.29, 0.717) is 9.92 Å². The number of hydrogen-bond donors (Lipinski definition) is 1. The first-order chi connectivity index (χ1) is 8.58. The van der Waals surface area contributed by atoms with Crippen molar-refractivity contribution in [2.75, 3.05) is 0 Å². The predicted molar refractivity (Wildman–Crippen MR) is 70.1 cm³/mol. The van der Waals surface area contributed by atoms with E-state index >= 15 is 0 Å². The number of nitrogens with one attached hydrogen (secondary N) is 1. The number of fused-ring (bicyclic) bond motifs is 1. The molecule has 0 aliphatic carbocycles. The van der Waals surface area contributed by atoms with E-state index in [4.69, 9.17) is 11.6 Å². The van der Waals surface area contributed by atoms with Gasteiger partial charge in [-0.15, -0.1) is 0 Å². The smallest absolute Gasteiger partial charge is 0.207 e. The Morgan fingerprint density at radius 1 is 1.06 bits per heavy atom. The summed E-state index contributed by atoms with van der Waals surface area (Å²) in [6.07, 6.45) is 0. The molecule has 18 heavy (non-hydrogen) atoms. The fraction of sp³-hybridized carbons (Fsp3) is 0.0769. The average molecular weight is 280 g/mol. The molecule has 0 fully saturated rings. The van der Waals surface area contributed by atoms with Gasteiger partial charge >= 0.3 is 0 Å². The lowest BCUT2D eigenvalue weighted by atomic mass is 10.00. The summed E-state index contributed by atoms with van der Waals surface area (Å²) < 4.78 is 26.6. The molecule has 2 aromatic rings. The summed E-state index contributed by atoms with van der Waals surface area (Å²) in [6, 6.07) is 13.8. The highest BCUT2D eigenvalue weighted by atomic mass is 35.5. The standard InChI is InChI=1S/C13H10ClNO2S/c14-10-5-3-4-9(8-10)13-11-6-1-2-7-12(11)18(16,17)15-13/h1-8,13,15H/t13-/m0/s1. The van der Waals surface area contributed by atoms with Crippen LogP contribution in [-0.2, 0) is 10.0 Å². The molecule has 0 unspecified atom stereocenters. The molecule has 0 amide bonds. The van der Waals surface area contributed by atoms with E-state index in [2.05, 4.69) is 4.72 Å². The summed E-state index contributed by atoms with van der Waals surface area (Å²) in [7, 11) is -3.41. The van der Waals surface area contributed by atoms with Crippen molar-refractivity contribution in [2.45, 2.75) is 10.9 Å². The third-order valence-corrected chi connectivity index (χ3v) is 4.71. The minimum Gasteiger partial charge on any atom is -0.207 e. The molecular weight excluding hydrogens is 270 g/mol. The van der Waals surface area contributed by atoms with Crippen molar-refractivity contribution >= 4 is 21.6 Å². The van der Waals surface area contributed by atoms with E-state index < -0.39 is 10.0 Å². The zero-order valence-corrected chi connectivity index (χ0v) is 10.9. The first-order valence-corrected chi connectivity index (χ1v) is 7.31. The van der Waals surface area contributed by atoms with Gasteiger partial charge in [-0.25, -0.2) is 8.42 Å². The molecule has 0 bridgehead atoms. The molecule has 1 aliphatic heterocycles. The summed E-state index contributed by atoms with van der Waals surface area (Å²) in [6.45, 7) is 0. The van der Waals surface area contributed by atoms with Gasteiger partial charge in [-0.05, 0) is 29.3 Å². The summed E-state index contributed by atoms with van der Waals surface area (Å²) >= 11 is 5.94. The summed E-state index contributed by atoms with van der Waals surface area (Å²) in [4.78, 5) is 0.343. The Balaban J connectivity index is 2.18. The van der Waals surface area contributed by atoms with E-state index in [0.717, 1.165) is 11.1 Å². The van der Waals surface area contributed by atoms with Gasteiger partial charge in [-0.3, -0.25) is 0 Å². The van der Waals surface area contributed by atoms with Crippen LogP contribution >= 0.6 is 11.6 Å². The van der Waals surface area contributed by atoms with Crippen molar-refractivity contribution < 1.29 is 8.42 Å². The lowest BCUT2D eigenvalue weighted by Crippen LogP contribution is -2.20. The Bertz CT molecular complexity index is 712. The molecule has 0 saturated carbocycles. The van der Waals surface area contributed by atoms with Gasteiger partial charge in [0.1, 0.15) is 0 Å². The highest BCUT2D eigenvalue weighted by molar-refractivity contribution is 7.89. The molecule has 92 valence electrons. The monoisotopic (exact) mass is 279 g/mol. The second kappa shape index (κ2) is 4.09. The molecular formula is C13H10ClNO2S. The Labute approximate surface area is 110 Å². The summed E-state index contributed by atoms with van der Waals surface area (Å²) in [5.74, 6) is 0. The van der Waals surface area contributed by atoms with Crippen LogP contribution in [0.15, 0.2) is 53.4 Å². The van der Waals surface area contributed by atoms with Gasteiger partial charge in [0.25, 0.3) is 0 Å². The van der Waals surface area contributed by atoms with Crippen molar-refractivity contribution in [2.24, 2.45) is 0 Å². The van der Waals surface area contributed by atoms with Crippen LogP contribution in [0.5, 0.6) is 0 Å². The molecule has 0 radical (unpaired) electrons. The molecule has 0 saturated heterocycles. The van der Waals surface area contributed by atoms with E-state index in [1.54, 1.807) is 24.3 Å². The predicted octanol–water partition coefficient (Wildman–Crippen LogP) is 2.72. The van der Waals surface area contributed by atoms with Gasteiger partial charge in [0.2, 0.25) is 10.0 Å². The fourth-order valence-corrected chi connectivity index (χ4v) is 3.83. The molecule has 1 aliphatic rings. The topological polar surface area (TPSA) is 46.2 Å². The van der Waals surface area contributed by atoms with Crippen molar-refractivity contribution in [3.8, 4) is 0 Å². The summed E-state index contributed by atoms with van der Waals surface area (Å²) in [5.41, 5.74) is 1.61. The largest absolute Gasteiger partial charge is 0.241 e. The van der Waals surface area contributed by atoms with Crippen LogP contribution in [0.3, 0.4) is 0 Å². The summed E-state index contributed by atoms with van der Waals surface area (Å²) in [5, 5.41) is 0.594. The number of sulfonamides is 1. The van der Waals surface area contributed by atoms with Gasteiger partial charge < -0.3 is 0 Å². The van der Waals surface area contributed by atoms with Gasteiger partial charge in [0, 0.05) is 5.02 Å². The van der Waals surface area contributed by atoms with Crippen LogP contribution in [0.4, 0.5) is 0 Å². The zero-order valence-electron chi connectivity index (χ0n) is 9.30. The lowest BCUT2D eigenvalue weighted by molar-refractivity contribution is 0.585. The Morgan fingerprint density at radius 3 is 2.61 bits per heavy atom. The maximum absolute atomic E-state index is 12.0. The van der Waals surface area contributed by atoms with E-state index in [1.165, 1.54) is 0 Å². The van der Waals surface area contributed by atoms with Crippen molar-refractivity contribution in [1.82, 2.24) is 4.72 Å². The number of benzene rings is 2. The van der Waals surface area contributed by atoms with Crippen molar-refractivity contribution in [3.05, 3.63) is 64.7 Å². The van der Waals surface area contributed by atoms with Gasteiger partial charge in [-0.2, -0.15) is 4.72 Å². The van der Waals surface area contributed by atoms with Crippen LogP contribution in [0, 0.1) is 0 Å². The second-order valence-electron chi connectivity index (χ2n) is 4.15. The molecule has 5 heteroatoms. The van der Waals surface area contributed by atoms with Gasteiger partial charge in [-0.1, -0.05) is 41.9 Å². The molecule has 0 spiro atoms. The number of halogens is 1. The lowest BCUT2D eigenvalue weighted by Gasteiger charge is -2.11. The van der Waals surface area contributed by atoms with Crippen LogP contribution < -0.4 is 4.72 Å². The first kappa shape index (κ1) is 11.7. The maximum Gasteiger partial charge on any atom is 0.241 e. The quantitative estimate of drug-likeness (QED) is 0.872. The minimum atomic E-state index is -3.41. The van der Waals surface area contributed by atoms with E-state index in [9.17, 15) is 8.42 Å². The molecule has 3 nitrogen and oxygen atoms in total. The molecule has 1 heterocycles. The van der Waals surface area contributed by atoms with Crippen LogP contribution in [0.2, 0.25) is 5.02 Å². The number of rotatable bonds is 1.